The van der Waals surface area contributed by atoms with Gasteiger partial charge in [-0.2, -0.15) is 0 Å². The van der Waals surface area contributed by atoms with Crippen LogP contribution in [-0.4, -0.2) is 6.04 Å². The van der Waals surface area contributed by atoms with Gasteiger partial charge in [-0.15, -0.1) is 6.58 Å². The molecule has 0 aliphatic rings. The first kappa shape index (κ1) is 15.9. The third-order valence-corrected chi connectivity index (χ3v) is 3.70. The molecule has 19 heavy (non-hydrogen) atoms. The van der Waals surface area contributed by atoms with Gasteiger partial charge in [0.1, 0.15) is 0 Å². The summed E-state index contributed by atoms with van der Waals surface area (Å²) >= 11 is 0. The van der Waals surface area contributed by atoms with Gasteiger partial charge in [0.2, 0.25) is 0 Å². The smallest absolute Gasteiger partial charge is 0.0285 e. The van der Waals surface area contributed by atoms with Crippen LogP contribution >= 0.6 is 0 Å². The Hall–Kier alpha value is -1.12. The number of hydrazine groups is 1. The second-order valence-electron chi connectivity index (χ2n) is 6.43. The van der Waals surface area contributed by atoms with E-state index in [0.29, 0.717) is 0 Å². The predicted octanol–water partition coefficient (Wildman–Crippen LogP) is 3.55. The van der Waals surface area contributed by atoms with Crippen LogP contribution in [0.25, 0.3) is 0 Å². The third-order valence-electron chi connectivity index (χ3n) is 3.70. The number of aryl methyl sites for hydroxylation is 2. The van der Waals surface area contributed by atoms with Crippen molar-refractivity contribution in [2.45, 2.75) is 58.9 Å². The van der Waals surface area contributed by atoms with Gasteiger partial charge in [0.25, 0.3) is 0 Å². The van der Waals surface area contributed by atoms with Crippen molar-refractivity contribution < 1.29 is 0 Å². The Bertz CT molecular complexity index is 418. The SMILES string of the molecule is C=CCC(Cc1c(C)cc(C(C)(C)C)cc1C)NN. The van der Waals surface area contributed by atoms with Gasteiger partial charge in [-0.05, 0) is 54.4 Å². The molecule has 1 atom stereocenters. The van der Waals surface area contributed by atoms with E-state index >= 15 is 0 Å². The minimum Gasteiger partial charge on any atom is -0.271 e. The van der Waals surface area contributed by atoms with Crippen LogP contribution in [0.1, 0.15) is 49.4 Å². The van der Waals surface area contributed by atoms with Gasteiger partial charge >= 0.3 is 0 Å². The molecule has 0 amide bonds. The van der Waals surface area contributed by atoms with Crippen molar-refractivity contribution in [1.82, 2.24) is 5.43 Å². The van der Waals surface area contributed by atoms with Gasteiger partial charge < -0.3 is 0 Å². The van der Waals surface area contributed by atoms with Gasteiger partial charge in [0, 0.05) is 6.04 Å². The molecular weight excluding hydrogens is 232 g/mol. The standard InChI is InChI=1S/C17H28N2/c1-7-8-15(19-18)11-16-12(2)9-14(10-13(16)3)17(4,5)6/h7,9-10,15,19H,1,8,11,18H2,2-6H3. The number of nitrogens with one attached hydrogen (secondary N) is 1. The maximum Gasteiger partial charge on any atom is 0.0285 e. The monoisotopic (exact) mass is 260 g/mol. The molecule has 1 rings (SSSR count). The first-order valence-electron chi connectivity index (χ1n) is 6.97. The van der Waals surface area contributed by atoms with E-state index in [2.05, 4.69) is 58.8 Å². The van der Waals surface area contributed by atoms with Gasteiger partial charge in [-0.1, -0.05) is 39.0 Å². The molecule has 0 radical (unpaired) electrons. The maximum absolute atomic E-state index is 5.61. The summed E-state index contributed by atoms with van der Waals surface area (Å²) in [6.45, 7) is 14.9. The second kappa shape index (κ2) is 6.36. The van der Waals surface area contributed by atoms with Crippen molar-refractivity contribution >= 4 is 0 Å². The highest BCUT2D eigenvalue weighted by molar-refractivity contribution is 5.41. The number of rotatable bonds is 5. The molecule has 0 heterocycles. The highest BCUT2D eigenvalue weighted by Crippen LogP contribution is 2.27. The molecule has 3 N–H and O–H groups in total. The van der Waals surface area contributed by atoms with E-state index < -0.39 is 0 Å². The van der Waals surface area contributed by atoms with Crippen LogP contribution in [0.15, 0.2) is 24.8 Å². The summed E-state index contributed by atoms with van der Waals surface area (Å²) in [4.78, 5) is 0. The summed E-state index contributed by atoms with van der Waals surface area (Å²) in [5.74, 6) is 5.61. The minimum absolute atomic E-state index is 0.195. The quantitative estimate of drug-likeness (QED) is 0.483. The number of nitrogens with two attached hydrogens (primary N) is 1. The van der Waals surface area contributed by atoms with Gasteiger partial charge in [-0.25, -0.2) is 0 Å². The number of hydrogen-bond donors (Lipinski definition) is 2. The molecule has 2 heteroatoms. The molecule has 0 aromatic heterocycles. The molecule has 0 saturated heterocycles. The van der Waals surface area contributed by atoms with Gasteiger partial charge in [0.05, 0.1) is 0 Å². The van der Waals surface area contributed by atoms with E-state index in [4.69, 9.17) is 5.84 Å². The Balaban J connectivity index is 3.06. The first-order chi connectivity index (χ1) is 8.79. The molecule has 0 aliphatic carbocycles. The van der Waals surface area contributed by atoms with E-state index in [1.54, 1.807) is 0 Å². The van der Waals surface area contributed by atoms with Crippen LogP contribution < -0.4 is 11.3 Å². The van der Waals surface area contributed by atoms with Crippen molar-refractivity contribution in [3.63, 3.8) is 0 Å². The zero-order chi connectivity index (χ0) is 14.6. The van der Waals surface area contributed by atoms with E-state index in [0.717, 1.165) is 12.8 Å². The lowest BCUT2D eigenvalue weighted by molar-refractivity contribution is 0.528. The maximum atomic E-state index is 5.61. The first-order valence-corrected chi connectivity index (χ1v) is 6.97. The number of benzene rings is 1. The molecule has 0 bridgehead atoms. The highest BCUT2D eigenvalue weighted by Gasteiger charge is 2.17. The van der Waals surface area contributed by atoms with Crippen molar-refractivity contribution in [2.24, 2.45) is 5.84 Å². The zero-order valence-corrected chi connectivity index (χ0v) is 13.0. The molecule has 1 aromatic rings. The van der Waals surface area contributed by atoms with Crippen molar-refractivity contribution in [3.05, 3.63) is 47.0 Å². The molecule has 0 fully saturated rings. The van der Waals surface area contributed by atoms with E-state index in [1.165, 1.54) is 22.3 Å². The fourth-order valence-corrected chi connectivity index (χ4v) is 2.41. The largest absolute Gasteiger partial charge is 0.271 e. The van der Waals surface area contributed by atoms with Crippen LogP contribution in [0.3, 0.4) is 0 Å². The minimum atomic E-state index is 0.195. The fraction of sp³-hybridized carbons (Fsp3) is 0.529. The lowest BCUT2D eigenvalue weighted by Crippen LogP contribution is -2.36. The Morgan fingerprint density at radius 3 is 2.16 bits per heavy atom. The van der Waals surface area contributed by atoms with Crippen LogP contribution in [0.4, 0.5) is 0 Å². The molecule has 0 aliphatic heterocycles. The summed E-state index contributed by atoms with van der Waals surface area (Å²) < 4.78 is 0. The van der Waals surface area contributed by atoms with Crippen LogP contribution in [0, 0.1) is 13.8 Å². The average molecular weight is 260 g/mol. The zero-order valence-electron chi connectivity index (χ0n) is 13.0. The summed E-state index contributed by atoms with van der Waals surface area (Å²) in [5.41, 5.74) is 8.58. The molecule has 0 saturated carbocycles. The van der Waals surface area contributed by atoms with Crippen molar-refractivity contribution in [2.75, 3.05) is 0 Å². The average Bonchev–Trinajstić information content (AvgIpc) is 2.30. The predicted molar refractivity (Wildman–Crippen MR) is 84.2 cm³/mol. The fourth-order valence-electron chi connectivity index (χ4n) is 2.41. The Labute approximate surface area is 118 Å². The Kier molecular flexibility index (Phi) is 5.33. The summed E-state index contributed by atoms with van der Waals surface area (Å²) in [6, 6.07) is 4.88. The Morgan fingerprint density at radius 2 is 1.79 bits per heavy atom. The van der Waals surface area contributed by atoms with Crippen LogP contribution in [-0.2, 0) is 11.8 Å². The molecule has 1 unspecified atom stereocenters. The van der Waals surface area contributed by atoms with Gasteiger partial charge in [-0.3, -0.25) is 11.3 Å². The second-order valence-corrected chi connectivity index (χ2v) is 6.43. The lowest BCUT2D eigenvalue weighted by atomic mass is 9.83. The topological polar surface area (TPSA) is 38.0 Å². The molecular formula is C17H28N2. The van der Waals surface area contributed by atoms with Gasteiger partial charge in [0.15, 0.2) is 0 Å². The van der Waals surface area contributed by atoms with E-state index in [9.17, 15) is 0 Å². The normalized spacial score (nSPS) is 13.4. The molecule has 0 spiro atoms. The molecule has 2 nitrogen and oxygen atoms in total. The Morgan fingerprint density at radius 1 is 1.26 bits per heavy atom. The third kappa shape index (κ3) is 4.19. The van der Waals surface area contributed by atoms with Crippen LogP contribution in [0.5, 0.6) is 0 Å². The highest BCUT2D eigenvalue weighted by atomic mass is 15.2. The summed E-state index contributed by atoms with van der Waals surface area (Å²) in [7, 11) is 0. The summed E-state index contributed by atoms with van der Waals surface area (Å²) in [6.07, 6.45) is 3.75. The number of hydrogen-bond acceptors (Lipinski definition) is 2. The van der Waals surface area contributed by atoms with E-state index in [1.807, 2.05) is 6.08 Å². The molecule has 1 aromatic carbocycles. The molecule has 106 valence electrons. The van der Waals surface area contributed by atoms with Crippen molar-refractivity contribution in [1.29, 1.82) is 0 Å². The van der Waals surface area contributed by atoms with E-state index in [-0.39, 0.29) is 11.5 Å². The lowest BCUT2D eigenvalue weighted by Gasteiger charge is -2.24. The van der Waals surface area contributed by atoms with Crippen molar-refractivity contribution in [3.8, 4) is 0 Å². The summed E-state index contributed by atoms with van der Waals surface area (Å²) in [5, 5.41) is 0. The van der Waals surface area contributed by atoms with Crippen LogP contribution in [0.2, 0.25) is 0 Å².